The summed E-state index contributed by atoms with van der Waals surface area (Å²) in [5.41, 5.74) is 0.305. The first-order valence-electron chi connectivity index (χ1n) is 6.67. The van der Waals surface area contributed by atoms with E-state index in [1.807, 2.05) is 6.26 Å². The third kappa shape index (κ3) is 4.84. The fourth-order valence-corrected chi connectivity index (χ4v) is 2.33. The van der Waals surface area contributed by atoms with Gasteiger partial charge in [0.1, 0.15) is 17.5 Å². The van der Waals surface area contributed by atoms with E-state index in [1.54, 1.807) is 30.0 Å². The minimum atomic E-state index is -0.694. The first-order valence-corrected chi connectivity index (χ1v) is 8.06. The number of benzene rings is 1. The van der Waals surface area contributed by atoms with Crippen LogP contribution in [0.25, 0.3) is 0 Å². The molecule has 0 aliphatic carbocycles. The predicted octanol–water partition coefficient (Wildman–Crippen LogP) is 1.73. The average molecular weight is 327 g/mol. The van der Waals surface area contributed by atoms with Crippen molar-refractivity contribution in [2.24, 2.45) is 0 Å². The standard InChI is InChI=1S/C15H21NO5S/c1-19-10-5-6-13(20-2)11(9-10)14(17)16-12(7-8-22-4)15(18)21-3/h5-6,9,12H,7-8H2,1-4H3,(H,16,17)/t12-/m1/s1. The van der Waals surface area contributed by atoms with Gasteiger partial charge in [-0.1, -0.05) is 0 Å². The highest BCUT2D eigenvalue weighted by Gasteiger charge is 2.23. The fourth-order valence-electron chi connectivity index (χ4n) is 1.85. The minimum Gasteiger partial charge on any atom is -0.497 e. The molecule has 1 N–H and O–H groups in total. The number of amides is 1. The van der Waals surface area contributed by atoms with Crippen LogP contribution in [0.4, 0.5) is 0 Å². The van der Waals surface area contributed by atoms with Crippen molar-refractivity contribution in [2.45, 2.75) is 12.5 Å². The molecule has 1 aromatic rings. The smallest absolute Gasteiger partial charge is 0.328 e. The Hall–Kier alpha value is -1.89. The molecule has 6 nitrogen and oxygen atoms in total. The van der Waals surface area contributed by atoms with Crippen molar-refractivity contribution >= 4 is 23.6 Å². The molecule has 0 heterocycles. The van der Waals surface area contributed by atoms with Crippen molar-refractivity contribution in [2.75, 3.05) is 33.3 Å². The zero-order valence-corrected chi connectivity index (χ0v) is 14.0. The Morgan fingerprint density at radius 2 is 1.95 bits per heavy atom. The maximum Gasteiger partial charge on any atom is 0.328 e. The van der Waals surface area contributed by atoms with E-state index >= 15 is 0 Å². The van der Waals surface area contributed by atoms with Crippen LogP contribution in [0.1, 0.15) is 16.8 Å². The number of methoxy groups -OCH3 is 3. The predicted molar refractivity (Wildman–Crippen MR) is 85.8 cm³/mol. The highest BCUT2D eigenvalue weighted by molar-refractivity contribution is 7.98. The van der Waals surface area contributed by atoms with Crippen LogP contribution in [0.3, 0.4) is 0 Å². The molecule has 0 aromatic heterocycles. The number of carbonyl (C=O) groups excluding carboxylic acids is 2. The summed E-state index contributed by atoms with van der Waals surface area (Å²) in [6.45, 7) is 0. The molecule has 0 unspecified atom stereocenters. The van der Waals surface area contributed by atoms with Crippen LogP contribution in [0, 0.1) is 0 Å². The van der Waals surface area contributed by atoms with E-state index in [4.69, 9.17) is 14.2 Å². The fraction of sp³-hybridized carbons (Fsp3) is 0.467. The lowest BCUT2D eigenvalue weighted by Crippen LogP contribution is -2.42. The van der Waals surface area contributed by atoms with Gasteiger partial charge in [0.05, 0.1) is 26.9 Å². The van der Waals surface area contributed by atoms with Crippen LogP contribution in [-0.4, -0.2) is 51.3 Å². The Kier molecular flexibility index (Phi) is 7.59. The number of hydrogen-bond donors (Lipinski definition) is 1. The molecule has 0 aliphatic heterocycles. The number of rotatable bonds is 8. The Labute approximate surface area is 134 Å². The van der Waals surface area contributed by atoms with Crippen molar-refractivity contribution in [3.8, 4) is 11.5 Å². The maximum absolute atomic E-state index is 12.4. The lowest BCUT2D eigenvalue weighted by molar-refractivity contribution is -0.142. The Balaban J connectivity index is 2.95. The van der Waals surface area contributed by atoms with E-state index in [1.165, 1.54) is 21.3 Å². The second kappa shape index (κ2) is 9.19. The van der Waals surface area contributed by atoms with Gasteiger partial charge in [0.15, 0.2) is 0 Å². The Bertz CT molecular complexity index is 521. The largest absolute Gasteiger partial charge is 0.497 e. The van der Waals surface area contributed by atoms with E-state index in [0.29, 0.717) is 23.5 Å². The second-order valence-corrected chi connectivity index (χ2v) is 5.38. The zero-order valence-electron chi connectivity index (χ0n) is 13.2. The zero-order chi connectivity index (χ0) is 16.5. The van der Waals surface area contributed by atoms with E-state index in [2.05, 4.69) is 5.32 Å². The van der Waals surface area contributed by atoms with Crippen molar-refractivity contribution in [3.63, 3.8) is 0 Å². The maximum atomic E-state index is 12.4. The van der Waals surface area contributed by atoms with Crippen LogP contribution in [0.2, 0.25) is 0 Å². The summed E-state index contributed by atoms with van der Waals surface area (Å²) < 4.78 is 15.0. The lowest BCUT2D eigenvalue weighted by atomic mass is 10.1. The molecule has 22 heavy (non-hydrogen) atoms. The lowest BCUT2D eigenvalue weighted by Gasteiger charge is -2.17. The molecule has 1 atom stereocenters. The van der Waals surface area contributed by atoms with Crippen LogP contribution in [0.5, 0.6) is 11.5 Å². The Morgan fingerprint density at radius 1 is 1.23 bits per heavy atom. The summed E-state index contributed by atoms with van der Waals surface area (Å²) in [6.07, 6.45) is 2.42. The van der Waals surface area contributed by atoms with Crippen molar-refractivity contribution in [1.82, 2.24) is 5.32 Å². The molecule has 7 heteroatoms. The van der Waals surface area contributed by atoms with E-state index in [0.717, 1.165) is 5.75 Å². The molecule has 1 rings (SSSR count). The van der Waals surface area contributed by atoms with Gasteiger partial charge in [0.25, 0.3) is 5.91 Å². The molecule has 0 radical (unpaired) electrons. The van der Waals surface area contributed by atoms with Crippen LogP contribution in [0.15, 0.2) is 18.2 Å². The number of carbonyl (C=O) groups is 2. The van der Waals surface area contributed by atoms with E-state index in [9.17, 15) is 9.59 Å². The third-order valence-corrected chi connectivity index (χ3v) is 3.70. The Morgan fingerprint density at radius 3 is 2.50 bits per heavy atom. The molecule has 0 saturated heterocycles. The highest BCUT2D eigenvalue weighted by Crippen LogP contribution is 2.24. The minimum absolute atomic E-state index is 0.305. The highest BCUT2D eigenvalue weighted by atomic mass is 32.2. The molecule has 1 aromatic carbocycles. The normalized spacial score (nSPS) is 11.5. The SMILES string of the molecule is COC(=O)[C@@H](CCSC)NC(=O)c1cc(OC)ccc1OC. The third-order valence-electron chi connectivity index (χ3n) is 3.05. The number of nitrogens with one attached hydrogen (secondary N) is 1. The molecule has 0 spiro atoms. The molecule has 122 valence electrons. The molecule has 0 fully saturated rings. The van der Waals surface area contributed by atoms with Gasteiger partial charge in [-0.3, -0.25) is 4.79 Å². The molecule has 0 bridgehead atoms. The summed E-state index contributed by atoms with van der Waals surface area (Å²) in [5.74, 6) is 0.794. The van der Waals surface area contributed by atoms with E-state index in [-0.39, 0.29) is 0 Å². The van der Waals surface area contributed by atoms with Crippen LogP contribution < -0.4 is 14.8 Å². The first-order chi connectivity index (χ1) is 10.6. The van der Waals surface area contributed by atoms with Gasteiger partial charge in [-0.2, -0.15) is 11.8 Å². The molecule has 0 aliphatic rings. The number of esters is 1. The number of ether oxygens (including phenoxy) is 3. The quantitative estimate of drug-likeness (QED) is 0.733. The summed E-state index contributed by atoms with van der Waals surface area (Å²) in [7, 11) is 4.29. The molecular formula is C15H21NO5S. The van der Waals surface area contributed by atoms with Gasteiger partial charge in [0, 0.05) is 0 Å². The van der Waals surface area contributed by atoms with Crippen molar-refractivity contribution < 1.29 is 23.8 Å². The van der Waals surface area contributed by atoms with Gasteiger partial charge in [-0.25, -0.2) is 4.79 Å². The topological polar surface area (TPSA) is 73.9 Å². The number of hydrogen-bond acceptors (Lipinski definition) is 6. The van der Waals surface area contributed by atoms with Crippen LogP contribution in [-0.2, 0) is 9.53 Å². The van der Waals surface area contributed by atoms with Gasteiger partial charge in [-0.05, 0) is 36.6 Å². The monoisotopic (exact) mass is 327 g/mol. The summed E-state index contributed by atoms with van der Waals surface area (Å²) >= 11 is 1.59. The second-order valence-electron chi connectivity index (χ2n) is 4.40. The van der Waals surface area contributed by atoms with Gasteiger partial charge in [-0.15, -0.1) is 0 Å². The summed E-state index contributed by atoms with van der Waals surface area (Å²) in [4.78, 5) is 24.2. The summed E-state index contributed by atoms with van der Waals surface area (Å²) in [5, 5.41) is 2.68. The number of thioether (sulfide) groups is 1. The van der Waals surface area contributed by atoms with E-state index < -0.39 is 17.9 Å². The molecular weight excluding hydrogens is 306 g/mol. The summed E-state index contributed by atoms with van der Waals surface area (Å²) in [6, 6.07) is 4.21. The van der Waals surface area contributed by atoms with Gasteiger partial charge < -0.3 is 19.5 Å². The average Bonchev–Trinajstić information content (AvgIpc) is 2.56. The molecule has 1 amide bonds. The van der Waals surface area contributed by atoms with Gasteiger partial charge in [0.2, 0.25) is 0 Å². The van der Waals surface area contributed by atoms with Gasteiger partial charge >= 0.3 is 5.97 Å². The van der Waals surface area contributed by atoms with Crippen molar-refractivity contribution in [3.05, 3.63) is 23.8 Å². The molecule has 0 saturated carbocycles. The van der Waals surface area contributed by atoms with Crippen LogP contribution >= 0.6 is 11.8 Å². The van der Waals surface area contributed by atoms with Crippen molar-refractivity contribution in [1.29, 1.82) is 0 Å². The first kappa shape index (κ1) is 18.2.